The van der Waals surface area contributed by atoms with Gasteiger partial charge < -0.3 is 9.88 Å². The molecule has 2 heterocycles. The number of aryl methyl sites for hydroxylation is 2. The Hall–Kier alpha value is -2.89. The first-order valence-corrected chi connectivity index (χ1v) is 7.85. The lowest BCUT2D eigenvalue weighted by molar-refractivity contribution is -0.124. The molecule has 3 rings (SSSR count). The lowest BCUT2D eigenvalue weighted by atomic mass is 9.88. The molecule has 3 amide bonds. The predicted octanol–water partition coefficient (Wildman–Crippen LogP) is 1.45. The van der Waals surface area contributed by atoms with Crippen LogP contribution in [0.25, 0.3) is 0 Å². The summed E-state index contributed by atoms with van der Waals surface area (Å²) in [4.78, 5) is 36.7. The van der Waals surface area contributed by atoms with Crippen molar-refractivity contribution in [2.45, 2.75) is 32.4 Å². The molecule has 0 aliphatic carbocycles. The Bertz CT molecular complexity index is 855. The van der Waals surface area contributed by atoms with Crippen LogP contribution in [0.1, 0.15) is 23.6 Å². The van der Waals surface area contributed by atoms with E-state index in [4.69, 9.17) is 0 Å². The fraction of sp³-hybridized carbons (Fsp3) is 0.278. The van der Waals surface area contributed by atoms with E-state index in [1.54, 1.807) is 25.3 Å². The highest BCUT2D eigenvalue weighted by Crippen LogP contribution is 2.27. The van der Waals surface area contributed by atoms with Crippen molar-refractivity contribution in [1.29, 1.82) is 0 Å². The summed E-state index contributed by atoms with van der Waals surface area (Å²) in [5, 5.41) is 4.99. The molecule has 0 spiro atoms. The van der Waals surface area contributed by atoms with Gasteiger partial charge in [0.05, 0.1) is 6.54 Å². The Kier molecular flexibility index (Phi) is 3.97. The molecule has 124 valence electrons. The van der Waals surface area contributed by atoms with Crippen LogP contribution in [0, 0.1) is 6.92 Å². The molecule has 6 nitrogen and oxygen atoms in total. The van der Waals surface area contributed by atoms with Gasteiger partial charge in [0.25, 0.3) is 11.5 Å². The molecule has 6 heteroatoms. The summed E-state index contributed by atoms with van der Waals surface area (Å²) in [6, 6.07) is 10.4. The number of aromatic nitrogens is 1. The fourth-order valence-electron chi connectivity index (χ4n) is 2.96. The van der Waals surface area contributed by atoms with Gasteiger partial charge in [0.2, 0.25) is 0 Å². The molecule has 24 heavy (non-hydrogen) atoms. The first kappa shape index (κ1) is 16.0. The van der Waals surface area contributed by atoms with Crippen molar-refractivity contribution in [1.82, 2.24) is 15.2 Å². The van der Waals surface area contributed by atoms with Crippen molar-refractivity contribution < 1.29 is 9.59 Å². The molecule has 1 aromatic carbocycles. The number of pyridine rings is 1. The Morgan fingerprint density at radius 3 is 2.38 bits per heavy atom. The number of benzene rings is 1. The minimum absolute atomic E-state index is 0.0383. The van der Waals surface area contributed by atoms with Crippen LogP contribution in [-0.2, 0) is 23.3 Å². The zero-order valence-electron chi connectivity index (χ0n) is 13.6. The van der Waals surface area contributed by atoms with Crippen LogP contribution in [0.2, 0.25) is 0 Å². The number of carbonyl (C=O) groups excluding carboxylic acids is 2. The van der Waals surface area contributed by atoms with E-state index >= 15 is 0 Å². The summed E-state index contributed by atoms with van der Waals surface area (Å²) in [7, 11) is 0. The predicted molar refractivity (Wildman–Crippen MR) is 89.6 cm³/mol. The molecular weight excluding hydrogens is 306 g/mol. The molecule has 0 saturated carbocycles. The molecule has 1 atom stereocenters. The zero-order valence-corrected chi connectivity index (χ0v) is 13.6. The van der Waals surface area contributed by atoms with Crippen molar-refractivity contribution in [2.24, 2.45) is 0 Å². The average molecular weight is 325 g/mol. The standard InChI is InChI=1S/C18H19N3O3/c1-3-13-6-8-14(9-7-13)18(16(23)19-17(24)20-18)11-21-10-4-5-12(2)15(21)22/h4-10H,3,11H2,1-2H3,(H2,19,20,23,24). The number of imide groups is 1. The fourth-order valence-corrected chi connectivity index (χ4v) is 2.96. The lowest BCUT2D eigenvalue weighted by Gasteiger charge is -2.27. The van der Waals surface area contributed by atoms with E-state index in [0.717, 1.165) is 12.0 Å². The van der Waals surface area contributed by atoms with Crippen molar-refractivity contribution >= 4 is 11.9 Å². The number of nitrogens with zero attached hydrogens (tertiary/aromatic N) is 1. The number of carbonyl (C=O) groups is 2. The summed E-state index contributed by atoms with van der Waals surface area (Å²) in [6.07, 6.45) is 2.50. The number of hydrogen-bond acceptors (Lipinski definition) is 3. The van der Waals surface area contributed by atoms with Gasteiger partial charge in [-0.1, -0.05) is 37.3 Å². The molecule has 1 aliphatic rings. The summed E-state index contributed by atoms with van der Waals surface area (Å²) in [5.74, 6) is -0.454. The Morgan fingerprint density at radius 1 is 1.08 bits per heavy atom. The smallest absolute Gasteiger partial charge is 0.318 e. The van der Waals surface area contributed by atoms with E-state index < -0.39 is 17.5 Å². The van der Waals surface area contributed by atoms with E-state index in [-0.39, 0.29) is 12.1 Å². The Morgan fingerprint density at radius 2 is 1.79 bits per heavy atom. The van der Waals surface area contributed by atoms with Crippen LogP contribution in [0.5, 0.6) is 0 Å². The van der Waals surface area contributed by atoms with E-state index in [9.17, 15) is 14.4 Å². The van der Waals surface area contributed by atoms with E-state index in [1.165, 1.54) is 4.57 Å². The minimum atomic E-state index is -1.29. The Balaban J connectivity index is 2.09. The zero-order chi connectivity index (χ0) is 17.3. The van der Waals surface area contributed by atoms with Gasteiger partial charge in [0.1, 0.15) is 0 Å². The molecule has 1 aromatic heterocycles. The van der Waals surface area contributed by atoms with Crippen molar-refractivity contribution in [2.75, 3.05) is 0 Å². The third-order valence-electron chi connectivity index (χ3n) is 4.41. The molecule has 0 radical (unpaired) electrons. The van der Waals surface area contributed by atoms with Crippen LogP contribution < -0.4 is 16.2 Å². The van der Waals surface area contributed by atoms with Gasteiger partial charge in [0, 0.05) is 11.8 Å². The highest BCUT2D eigenvalue weighted by atomic mass is 16.2. The van der Waals surface area contributed by atoms with Gasteiger partial charge in [-0.15, -0.1) is 0 Å². The van der Waals surface area contributed by atoms with Crippen LogP contribution >= 0.6 is 0 Å². The monoisotopic (exact) mass is 325 g/mol. The van der Waals surface area contributed by atoms with Gasteiger partial charge in [-0.05, 0) is 30.5 Å². The van der Waals surface area contributed by atoms with Gasteiger partial charge in [0.15, 0.2) is 5.54 Å². The highest BCUT2D eigenvalue weighted by molar-refractivity contribution is 6.07. The summed E-state index contributed by atoms with van der Waals surface area (Å²) < 4.78 is 1.45. The summed E-state index contributed by atoms with van der Waals surface area (Å²) >= 11 is 0. The van der Waals surface area contributed by atoms with Crippen molar-refractivity contribution in [3.8, 4) is 0 Å². The van der Waals surface area contributed by atoms with Crippen LogP contribution in [0.15, 0.2) is 47.4 Å². The molecule has 2 N–H and O–H groups in total. The van der Waals surface area contributed by atoms with Gasteiger partial charge in [-0.25, -0.2) is 4.79 Å². The number of urea groups is 1. The van der Waals surface area contributed by atoms with Gasteiger partial charge in [-0.3, -0.25) is 14.9 Å². The molecule has 1 saturated heterocycles. The molecule has 1 unspecified atom stereocenters. The Labute approximate surface area is 139 Å². The highest BCUT2D eigenvalue weighted by Gasteiger charge is 2.48. The third kappa shape index (κ3) is 2.60. The normalized spacial score (nSPS) is 19.9. The van der Waals surface area contributed by atoms with E-state index in [2.05, 4.69) is 10.6 Å². The van der Waals surface area contributed by atoms with Crippen molar-refractivity contribution in [3.63, 3.8) is 0 Å². The molecule has 1 aliphatic heterocycles. The first-order valence-electron chi connectivity index (χ1n) is 7.85. The number of hydrogen-bond donors (Lipinski definition) is 2. The number of rotatable bonds is 4. The minimum Gasteiger partial charge on any atom is -0.318 e. The largest absolute Gasteiger partial charge is 0.322 e. The van der Waals surface area contributed by atoms with E-state index in [1.807, 2.05) is 31.2 Å². The quantitative estimate of drug-likeness (QED) is 0.835. The van der Waals surface area contributed by atoms with E-state index in [0.29, 0.717) is 11.1 Å². The number of amides is 3. The maximum atomic E-state index is 12.6. The maximum Gasteiger partial charge on any atom is 0.322 e. The molecule has 2 aromatic rings. The van der Waals surface area contributed by atoms with Crippen LogP contribution in [0.4, 0.5) is 4.79 Å². The summed E-state index contributed by atoms with van der Waals surface area (Å²) in [6.45, 7) is 3.80. The maximum absolute atomic E-state index is 12.6. The topological polar surface area (TPSA) is 80.2 Å². The second kappa shape index (κ2) is 5.96. The first-order chi connectivity index (χ1) is 11.5. The second-order valence-corrected chi connectivity index (χ2v) is 5.99. The molecule has 0 bridgehead atoms. The van der Waals surface area contributed by atoms with Gasteiger partial charge >= 0.3 is 6.03 Å². The molecular formula is C18H19N3O3. The van der Waals surface area contributed by atoms with Crippen molar-refractivity contribution in [3.05, 3.63) is 69.6 Å². The molecule has 1 fully saturated rings. The number of nitrogens with one attached hydrogen (secondary N) is 2. The summed E-state index contributed by atoms with van der Waals surface area (Å²) in [5.41, 5.74) is 0.888. The second-order valence-electron chi connectivity index (χ2n) is 5.99. The SMILES string of the molecule is CCc1ccc(C2(Cn3cccc(C)c3=O)NC(=O)NC2=O)cc1. The third-order valence-corrected chi connectivity index (χ3v) is 4.41. The van der Waals surface area contributed by atoms with Crippen LogP contribution in [0.3, 0.4) is 0 Å². The van der Waals surface area contributed by atoms with Gasteiger partial charge in [-0.2, -0.15) is 0 Å². The average Bonchev–Trinajstić information content (AvgIpc) is 2.86. The van der Waals surface area contributed by atoms with Crippen LogP contribution in [-0.4, -0.2) is 16.5 Å². The lowest BCUT2D eigenvalue weighted by Crippen LogP contribution is -2.49.